The Hall–Kier alpha value is -1.89. The molecule has 1 N–H and O–H groups in total. The smallest absolute Gasteiger partial charge is 0.242 e. The van der Waals surface area contributed by atoms with Gasteiger partial charge >= 0.3 is 0 Å². The van der Waals surface area contributed by atoms with E-state index < -0.39 is 10.0 Å². The lowest BCUT2D eigenvalue weighted by molar-refractivity contribution is -0.117. The van der Waals surface area contributed by atoms with Crippen molar-refractivity contribution >= 4 is 33.2 Å². The molecule has 1 aliphatic rings. The van der Waals surface area contributed by atoms with Crippen LogP contribution in [0.4, 0.5) is 5.69 Å². The molecule has 1 amide bonds. The Morgan fingerprint density at radius 3 is 2.75 bits per heavy atom. The predicted molar refractivity (Wildman–Crippen MR) is 93.8 cm³/mol. The number of sulfonamides is 1. The molecule has 0 atom stereocenters. The average Bonchev–Trinajstić information content (AvgIpc) is 2.59. The quantitative estimate of drug-likeness (QED) is 0.906. The number of hydrogen-bond donors (Lipinski definition) is 1. The van der Waals surface area contributed by atoms with Gasteiger partial charge in [0.1, 0.15) is 0 Å². The lowest BCUT2D eigenvalue weighted by Crippen LogP contribution is -2.42. The third-order valence-corrected chi connectivity index (χ3v) is 5.57. The van der Waals surface area contributed by atoms with E-state index in [4.69, 9.17) is 11.6 Å². The van der Waals surface area contributed by atoms with E-state index in [-0.39, 0.29) is 17.3 Å². The largest absolute Gasteiger partial charge is 0.311 e. The average molecular weight is 365 g/mol. The molecule has 0 spiro atoms. The summed E-state index contributed by atoms with van der Waals surface area (Å²) >= 11 is 5.82. The number of aryl methyl sites for hydroxylation is 1. The second-order valence-electron chi connectivity index (χ2n) is 5.56. The van der Waals surface area contributed by atoms with Crippen molar-refractivity contribution in [3.8, 4) is 0 Å². The molecule has 7 heteroatoms. The molecule has 0 saturated carbocycles. The number of nitrogens with zero attached hydrogens (tertiary/aromatic N) is 1. The first-order valence-corrected chi connectivity index (χ1v) is 9.47. The maximum absolute atomic E-state index is 12.5. The van der Waals surface area contributed by atoms with Crippen molar-refractivity contribution in [1.82, 2.24) is 4.72 Å². The maximum Gasteiger partial charge on any atom is 0.242 e. The van der Waals surface area contributed by atoms with E-state index in [9.17, 15) is 13.2 Å². The van der Waals surface area contributed by atoms with Crippen LogP contribution in [0.2, 0.25) is 5.02 Å². The van der Waals surface area contributed by atoms with E-state index in [1.165, 1.54) is 12.1 Å². The van der Waals surface area contributed by atoms with Gasteiger partial charge in [0.25, 0.3) is 0 Å². The van der Waals surface area contributed by atoms with Gasteiger partial charge in [0.15, 0.2) is 0 Å². The zero-order valence-electron chi connectivity index (χ0n) is 12.9. The summed E-state index contributed by atoms with van der Waals surface area (Å²) in [6, 6.07) is 13.6. The number of amides is 1. The topological polar surface area (TPSA) is 66.5 Å². The Balaban J connectivity index is 1.72. The summed E-state index contributed by atoms with van der Waals surface area (Å²) in [6.45, 7) is 0.303. The summed E-state index contributed by atoms with van der Waals surface area (Å²) in [5.74, 6) is -0.271. The lowest BCUT2D eigenvalue weighted by atomic mass is 10.0. The molecule has 0 saturated heterocycles. The van der Waals surface area contributed by atoms with Gasteiger partial charge in [-0.2, -0.15) is 0 Å². The fourth-order valence-corrected chi connectivity index (χ4v) is 4.04. The Morgan fingerprint density at radius 2 is 1.96 bits per heavy atom. The van der Waals surface area contributed by atoms with Gasteiger partial charge in [0.2, 0.25) is 15.9 Å². The number of nitrogens with one attached hydrogen (secondary N) is 1. The lowest BCUT2D eigenvalue weighted by Gasteiger charge is -2.29. The van der Waals surface area contributed by atoms with Crippen LogP contribution < -0.4 is 9.62 Å². The molecular weight excluding hydrogens is 348 g/mol. The summed E-state index contributed by atoms with van der Waals surface area (Å²) in [4.78, 5) is 14.2. The molecule has 0 aliphatic carbocycles. The summed E-state index contributed by atoms with van der Waals surface area (Å²) in [5.41, 5.74) is 1.96. The molecule has 24 heavy (non-hydrogen) atoms. The molecule has 3 rings (SSSR count). The van der Waals surface area contributed by atoms with Crippen LogP contribution in [-0.4, -0.2) is 27.4 Å². The Morgan fingerprint density at radius 1 is 1.17 bits per heavy atom. The highest BCUT2D eigenvalue weighted by atomic mass is 35.5. The van der Waals surface area contributed by atoms with Crippen molar-refractivity contribution in [1.29, 1.82) is 0 Å². The van der Waals surface area contributed by atoms with E-state index in [2.05, 4.69) is 4.72 Å². The van der Waals surface area contributed by atoms with Crippen LogP contribution in [0.5, 0.6) is 0 Å². The summed E-state index contributed by atoms with van der Waals surface area (Å²) in [7, 11) is -3.78. The fraction of sp³-hybridized carbons (Fsp3) is 0.235. The second-order valence-corrected chi connectivity index (χ2v) is 7.76. The van der Waals surface area contributed by atoms with Gasteiger partial charge in [-0.25, -0.2) is 13.1 Å². The normalized spacial score (nSPS) is 14.3. The second kappa shape index (κ2) is 6.93. The fourth-order valence-electron chi connectivity index (χ4n) is 2.76. The van der Waals surface area contributed by atoms with E-state index >= 15 is 0 Å². The van der Waals surface area contributed by atoms with Gasteiger partial charge in [-0.15, -0.1) is 0 Å². The number of hydrogen-bond acceptors (Lipinski definition) is 3. The Bertz CT molecular complexity index is 868. The van der Waals surface area contributed by atoms with Crippen molar-refractivity contribution in [3.05, 3.63) is 59.1 Å². The molecular formula is C17H17ClN2O3S. The summed E-state index contributed by atoms with van der Waals surface area (Å²) in [6.07, 6.45) is 1.79. The minimum Gasteiger partial charge on any atom is -0.311 e. The van der Waals surface area contributed by atoms with Crippen LogP contribution in [-0.2, 0) is 21.2 Å². The van der Waals surface area contributed by atoms with Crippen LogP contribution in [0.15, 0.2) is 53.4 Å². The van der Waals surface area contributed by atoms with Gasteiger partial charge in [-0.05, 0) is 42.7 Å². The number of para-hydroxylation sites is 1. The van der Waals surface area contributed by atoms with Gasteiger partial charge in [-0.3, -0.25) is 4.79 Å². The Kier molecular flexibility index (Phi) is 4.89. The zero-order chi connectivity index (χ0) is 17.2. The highest BCUT2D eigenvalue weighted by molar-refractivity contribution is 7.89. The van der Waals surface area contributed by atoms with Crippen molar-refractivity contribution in [2.75, 3.05) is 18.0 Å². The van der Waals surface area contributed by atoms with E-state index in [0.717, 1.165) is 24.1 Å². The molecule has 2 aromatic rings. The maximum atomic E-state index is 12.5. The molecule has 1 aliphatic heterocycles. The molecule has 2 aromatic carbocycles. The minimum absolute atomic E-state index is 0.0434. The summed E-state index contributed by atoms with van der Waals surface area (Å²) in [5, 5.41) is 0.328. The third-order valence-electron chi connectivity index (χ3n) is 3.93. The number of carbonyl (C=O) groups is 1. The van der Waals surface area contributed by atoms with Crippen LogP contribution in [0, 0.1) is 0 Å². The van der Waals surface area contributed by atoms with E-state index in [1.54, 1.807) is 17.0 Å². The molecule has 0 aromatic heterocycles. The van der Waals surface area contributed by atoms with Crippen LogP contribution in [0.3, 0.4) is 0 Å². The molecule has 0 bridgehead atoms. The van der Waals surface area contributed by atoms with Gasteiger partial charge < -0.3 is 4.90 Å². The van der Waals surface area contributed by atoms with Gasteiger partial charge in [-0.1, -0.05) is 35.9 Å². The first-order chi connectivity index (χ1) is 11.5. The number of carbonyl (C=O) groups excluding carboxylic acids is 1. The van der Waals surface area contributed by atoms with E-state index in [0.29, 0.717) is 11.6 Å². The minimum atomic E-state index is -3.78. The van der Waals surface area contributed by atoms with Crippen LogP contribution in [0.1, 0.15) is 12.0 Å². The molecule has 126 valence electrons. The van der Waals surface area contributed by atoms with Crippen molar-refractivity contribution < 1.29 is 13.2 Å². The Labute approximate surface area is 146 Å². The monoisotopic (exact) mass is 364 g/mol. The molecule has 0 radical (unpaired) electrons. The van der Waals surface area contributed by atoms with Gasteiger partial charge in [0.05, 0.1) is 11.4 Å². The van der Waals surface area contributed by atoms with Gasteiger partial charge in [0, 0.05) is 17.3 Å². The molecule has 1 heterocycles. The number of benzene rings is 2. The van der Waals surface area contributed by atoms with E-state index in [1.807, 2.05) is 24.3 Å². The molecule has 0 unspecified atom stereocenters. The number of halogens is 1. The third kappa shape index (κ3) is 3.61. The standard InChI is InChI=1S/C17H17ClN2O3S/c18-14-7-3-8-15(11-14)24(22,23)19-12-17(21)20-10-4-6-13-5-1-2-9-16(13)20/h1-3,5,7-9,11,19H,4,6,10,12H2. The molecule has 5 nitrogen and oxygen atoms in total. The number of rotatable bonds is 4. The number of anilines is 1. The number of fused-ring (bicyclic) bond motifs is 1. The highest BCUT2D eigenvalue weighted by Gasteiger charge is 2.24. The zero-order valence-corrected chi connectivity index (χ0v) is 14.5. The first kappa shape index (κ1) is 17.0. The van der Waals surface area contributed by atoms with Crippen LogP contribution >= 0.6 is 11.6 Å². The predicted octanol–water partition coefficient (Wildman–Crippen LogP) is 2.60. The first-order valence-electron chi connectivity index (χ1n) is 7.61. The SMILES string of the molecule is O=C(CNS(=O)(=O)c1cccc(Cl)c1)N1CCCc2ccccc21. The van der Waals surface area contributed by atoms with Crippen molar-refractivity contribution in [3.63, 3.8) is 0 Å². The van der Waals surface area contributed by atoms with Crippen molar-refractivity contribution in [2.45, 2.75) is 17.7 Å². The summed E-state index contributed by atoms with van der Waals surface area (Å²) < 4.78 is 26.9. The highest BCUT2D eigenvalue weighted by Crippen LogP contribution is 2.26. The van der Waals surface area contributed by atoms with Crippen LogP contribution in [0.25, 0.3) is 0 Å². The molecule has 0 fully saturated rings. The van der Waals surface area contributed by atoms with Crippen molar-refractivity contribution in [2.24, 2.45) is 0 Å².